The number of halogens is 2. The second-order valence-electron chi connectivity index (χ2n) is 4.94. The minimum absolute atomic E-state index is 0.00668. The standard InChI is InChI=1S/C15H12Cl2N2O3S/c16-10-4-3-5-11(17)15(10)23(21,22)19-9-8-14(20)18-12-6-1-2-7-13(12)19/h1-7H,8-9H2,(H,18,20). The topological polar surface area (TPSA) is 66.5 Å². The number of hydrogen-bond donors (Lipinski definition) is 1. The van der Waals surface area contributed by atoms with Gasteiger partial charge in [0, 0.05) is 13.0 Å². The van der Waals surface area contributed by atoms with Crippen LogP contribution in [0.5, 0.6) is 0 Å². The maximum atomic E-state index is 13.1. The molecule has 0 spiro atoms. The van der Waals surface area contributed by atoms with Crippen LogP contribution in [-0.2, 0) is 14.8 Å². The molecule has 2 aromatic carbocycles. The molecule has 0 unspecified atom stereocenters. The van der Waals surface area contributed by atoms with E-state index in [-0.39, 0.29) is 33.8 Å². The number of carbonyl (C=O) groups is 1. The zero-order valence-electron chi connectivity index (χ0n) is 11.8. The summed E-state index contributed by atoms with van der Waals surface area (Å²) >= 11 is 12.1. The summed E-state index contributed by atoms with van der Waals surface area (Å²) in [5, 5.41) is 2.77. The van der Waals surface area contributed by atoms with Gasteiger partial charge in [0.1, 0.15) is 4.90 Å². The first-order valence-electron chi connectivity index (χ1n) is 6.77. The molecule has 0 saturated carbocycles. The molecule has 1 aliphatic rings. The summed E-state index contributed by atoms with van der Waals surface area (Å²) in [6.07, 6.45) is 0.0377. The molecule has 8 heteroatoms. The van der Waals surface area contributed by atoms with Crippen LogP contribution in [0.3, 0.4) is 0 Å². The van der Waals surface area contributed by atoms with E-state index < -0.39 is 10.0 Å². The maximum Gasteiger partial charge on any atom is 0.267 e. The predicted octanol–water partition coefficient (Wildman–Crippen LogP) is 3.53. The first-order chi connectivity index (χ1) is 10.9. The van der Waals surface area contributed by atoms with Crippen LogP contribution in [0.1, 0.15) is 6.42 Å². The molecular formula is C15H12Cl2N2O3S. The monoisotopic (exact) mass is 370 g/mol. The summed E-state index contributed by atoms with van der Waals surface area (Å²) in [6.45, 7) is 0.00668. The van der Waals surface area contributed by atoms with Crippen molar-refractivity contribution in [1.29, 1.82) is 0 Å². The molecule has 3 rings (SSSR count). The van der Waals surface area contributed by atoms with E-state index in [1.807, 2.05) is 0 Å². The van der Waals surface area contributed by atoms with Crippen molar-refractivity contribution in [2.24, 2.45) is 0 Å². The average molecular weight is 371 g/mol. The van der Waals surface area contributed by atoms with Crippen molar-refractivity contribution in [3.8, 4) is 0 Å². The molecule has 120 valence electrons. The molecule has 1 amide bonds. The van der Waals surface area contributed by atoms with Crippen LogP contribution < -0.4 is 9.62 Å². The Labute approximate surface area is 143 Å². The Balaban J connectivity index is 2.19. The first kappa shape index (κ1) is 16.1. The quantitative estimate of drug-likeness (QED) is 0.878. The minimum atomic E-state index is -4.01. The Hall–Kier alpha value is -1.76. The SMILES string of the molecule is O=C1CCN(S(=O)(=O)c2c(Cl)cccc2Cl)c2ccccc2N1. The number of rotatable bonds is 2. The lowest BCUT2D eigenvalue weighted by atomic mass is 10.2. The summed E-state index contributed by atoms with van der Waals surface area (Å²) < 4.78 is 27.3. The van der Waals surface area contributed by atoms with Gasteiger partial charge in [-0.15, -0.1) is 0 Å². The number of fused-ring (bicyclic) bond motifs is 1. The van der Waals surface area contributed by atoms with Crippen LogP contribution in [0, 0.1) is 0 Å². The number of benzene rings is 2. The van der Waals surface area contributed by atoms with E-state index in [1.54, 1.807) is 30.3 Å². The number of para-hydroxylation sites is 2. The molecule has 23 heavy (non-hydrogen) atoms. The third kappa shape index (κ3) is 2.89. The smallest absolute Gasteiger partial charge is 0.267 e. The molecule has 0 aliphatic carbocycles. The highest BCUT2D eigenvalue weighted by atomic mass is 35.5. The molecule has 5 nitrogen and oxygen atoms in total. The molecule has 0 bridgehead atoms. The van der Waals surface area contributed by atoms with Gasteiger partial charge in [-0.3, -0.25) is 9.10 Å². The van der Waals surface area contributed by atoms with Gasteiger partial charge in [-0.1, -0.05) is 41.4 Å². The number of hydrogen-bond acceptors (Lipinski definition) is 3. The minimum Gasteiger partial charge on any atom is -0.324 e. The number of amides is 1. The molecule has 0 saturated heterocycles. The Morgan fingerprint density at radius 2 is 1.65 bits per heavy atom. The Morgan fingerprint density at radius 3 is 2.35 bits per heavy atom. The van der Waals surface area contributed by atoms with Crippen LogP contribution >= 0.6 is 23.2 Å². The lowest BCUT2D eigenvalue weighted by molar-refractivity contribution is -0.115. The lowest BCUT2D eigenvalue weighted by Gasteiger charge is -2.24. The normalized spacial score (nSPS) is 14.9. The fourth-order valence-electron chi connectivity index (χ4n) is 2.42. The van der Waals surface area contributed by atoms with Crippen molar-refractivity contribution in [1.82, 2.24) is 0 Å². The van der Waals surface area contributed by atoms with E-state index in [0.29, 0.717) is 11.4 Å². The van der Waals surface area contributed by atoms with Crippen LogP contribution in [0.4, 0.5) is 11.4 Å². The Morgan fingerprint density at radius 1 is 1.00 bits per heavy atom. The largest absolute Gasteiger partial charge is 0.324 e. The van der Waals surface area contributed by atoms with Gasteiger partial charge in [0.2, 0.25) is 5.91 Å². The average Bonchev–Trinajstić information content (AvgIpc) is 2.65. The van der Waals surface area contributed by atoms with E-state index >= 15 is 0 Å². The highest BCUT2D eigenvalue weighted by Gasteiger charge is 2.32. The van der Waals surface area contributed by atoms with E-state index in [9.17, 15) is 13.2 Å². The van der Waals surface area contributed by atoms with Gasteiger partial charge < -0.3 is 5.32 Å². The van der Waals surface area contributed by atoms with Crippen LogP contribution in [0.2, 0.25) is 10.0 Å². The number of anilines is 2. The van der Waals surface area contributed by atoms with Crippen molar-refractivity contribution in [2.75, 3.05) is 16.2 Å². The summed E-state index contributed by atoms with van der Waals surface area (Å²) in [5.74, 6) is -0.250. The third-order valence-electron chi connectivity index (χ3n) is 3.46. The lowest BCUT2D eigenvalue weighted by Crippen LogP contribution is -2.32. The van der Waals surface area contributed by atoms with Crippen molar-refractivity contribution < 1.29 is 13.2 Å². The molecule has 0 fully saturated rings. The highest BCUT2D eigenvalue weighted by Crippen LogP contribution is 2.37. The van der Waals surface area contributed by atoms with Gasteiger partial charge in [0.15, 0.2) is 0 Å². The third-order valence-corrected chi connectivity index (χ3v) is 6.23. The fraction of sp³-hybridized carbons (Fsp3) is 0.133. The van der Waals surface area contributed by atoms with E-state index in [1.165, 1.54) is 12.1 Å². The van der Waals surface area contributed by atoms with Gasteiger partial charge in [-0.25, -0.2) is 8.42 Å². The maximum absolute atomic E-state index is 13.1. The highest BCUT2D eigenvalue weighted by molar-refractivity contribution is 7.93. The number of nitrogens with zero attached hydrogens (tertiary/aromatic N) is 1. The van der Waals surface area contributed by atoms with Crippen molar-refractivity contribution >= 4 is 50.5 Å². The second kappa shape index (κ2) is 6.03. The van der Waals surface area contributed by atoms with Crippen molar-refractivity contribution in [3.63, 3.8) is 0 Å². The zero-order valence-corrected chi connectivity index (χ0v) is 14.1. The van der Waals surface area contributed by atoms with Crippen molar-refractivity contribution in [2.45, 2.75) is 11.3 Å². The molecular weight excluding hydrogens is 359 g/mol. The summed E-state index contributed by atoms with van der Waals surface area (Å²) in [5.41, 5.74) is 0.816. The first-order valence-corrected chi connectivity index (χ1v) is 8.96. The van der Waals surface area contributed by atoms with Gasteiger partial charge in [0.25, 0.3) is 10.0 Å². The van der Waals surface area contributed by atoms with Gasteiger partial charge in [-0.2, -0.15) is 0 Å². The molecule has 1 heterocycles. The molecule has 2 aromatic rings. The van der Waals surface area contributed by atoms with Gasteiger partial charge in [0.05, 0.1) is 21.4 Å². The summed E-state index contributed by atoms with van der Waals surface area (Å²) in [6, 6.07) is 11.2. The Bertz CT molecular complexity index is 864. The molecule has 1 N–H and O–H groups in total. The van der Waals surface area contributed by atoms with Crippen LogP contribution in [0.15, 0.2) is 47.4 Å². The fourth-order valence-corrected chi connectivity index (χ4v) is 5.00. The predicted molar refractivity (Wildman–Crippen MR) is 90.7 cm³/mol. The van der Waals surface area contributed by atoms with E-state index in [2.05, 4.69) is 5.32 Å². The molecule has 0 aromatic heterocycles. The number of nitrogens with one attached hydrogen (secondary N) is 1. The van der Waals surface area contributed by atoms with Gasteiger partial charge >= 0.3 is 0 Å². The van der Waals surface area contributed by atoms with Gasteiger partial charge in [-0.05, 0) is 24.3 Å². The van der Waals surface area contributed by atoms with E-state index in [0.717, 1.165) is 4.31 Å². The van der Waals surface area contributed by atoms with Crippen LogP contribution in [0.25, 0.3) is 0 Å². The molecule has 1 aliphatic heterocycles. The number of carbonyl (C=O) groups excluding carboxylic acids is 1. The molecule has 0 radical (unpaired) electrons. The molecule has 0 atom stereocenters. The van der Waals surface area contributed by atoms with Crippen molar-refractivity contribution in [3.05, 3.63) is 52.5 Å². The second-order valence-corrected chi connectivity index (χ2v) is 7.56. The number of sulfonamides is 1. The zero-order chi connectivity index (χ0) is 16.6. The van der Waals surface area contributed by atoms with E-state index in [4.69, 9.17) is 23.2 Å². The Kier molecular flexibility index (Phi) is 4.23. The van der Waals surface area contributed by atoms with Crippen LogP contribution in [-0.4, -0.2) is 20.9 Å². The summed E-state index contributed by atoms with van der Waals surface area (Å²) in [4.78, 5) is 11.6. The summed E-state index contributed by atoms with van der Waals surface area (Å²) in [7, 11) is -4.01.